The van der Waals surface area contributed by atoms with E-state index in [2.05, 4.69) is 59.8 Å². The third-order valence-corrected chi connectivity index (χ3v) is 4.77. The van der Waals surface area contributed by atoms with E-state index in [9.17, 15) is 5.11 Å². The van der Waals surface area contributed by atoms with Crippen LogP contribution in [0.5, 0.6) is 0 Å². The maximum atomic E-state index is 9.92. The van der Waals surface area contributed by atoms with E-state index >= 15 is 0 Å². The predicted molar refractivity (Wildman–Crippen MR) is 85.3 cm³/mol. The number of hydrogen-bond acceptors (Lipinski definition) is 2. The van der Waals surface area contributed by atoms with Crippen LogP contribution in [0.25, 0.3) is 0 Å². The van der Waals surface area contributed by atoms with Gasteiger partial charge in [-0.15, -0.1) is 11.6 Å². The molecule has 1 heterocycles. The summed E-state index contributed by atoms with van der Waals surface area (Å²) in [7, 11) is 0. The number of aliphatic hydroxyl groups excluding tert-OH is 1. The van der Waals surface area contributed by atoms with E-state index in [-0.39, 0.29) is 11.4 Å². The first kappa shape index (κ1) is 15.1. The van der Waals surface area contributed by atoms with Crippen LogP contribution >= 0.6 is 27.5 Å². The van der Waals surface area contributed by atoms with Crippen LogP contribution in [0.3, 0.4) is 0 Å². The fraction of sp³-hybridized carbons (Fsp3) is 0.600. The van der Waals surface area contributed by atoms with Gasteiger partial charge in [0.1, 0.15) is 0 Å². The van der Waals surface area contributed by atoms with Gasteiger partial charge in [-0.1, -0.05) is 28.9 Å². The molecule has 0 saturated heterocycles. The van der Waals surface area contributed by atoms with Gasteiger partial charge in [0.15, 0.2) is 0 Å². The predicted octanol–water partition coefficient (Wildman–Crippen LogP) is 4.14. The maximum Gasteiger partial charge on any atom is 0.0850 e. The highest BCUT2D eigenvalue weighted by Gasteiger charge is 2.36. The quantitative estimate of drug-likeness (QED) is 0.831. The van der Waals surface area contributed by atoms with Crippen molar-refractivity contribution in [3.8, 4) is 0 Å². The minimum Gasteiger partial charge on any atom is -0.390 e. The van der Waals surface area contributed by atoms with E-state index in [0.29, 0.717) is 12.5 Å². The molecule has 0 spiro atoms. The molecule has 0 radical (unpaired) electrons. The molecule has 0 bridgehead atoms. The van der Waals surface area contributed by atoms with E-state index in [4.69, 9.17) is 11.6 Å². The zero-order valence-corrected chi connectivity index (χ0v) is 14.0. The van der Waals surface area contributed by atoms with Gasteiger partial charge in [0.2, 0.25) is 0 Å². The van der Waals surface area contributed by atoms with E-state index in [1.54, 1.807) is 0 Å². The van der Waals surface area contributed by atoms with Crippen LogP contribution in [-0.2, 0) is 0 Å². The van der Waals surface area contributed by atoms with Crippen LogP contribution in [0, 0.1) is 0 Å². The smallest absolute Gasteiger partial charge is 0.0850 e. The first-order chi connectivity index (χ1) is 8.85. The molecule has 2 atom stereocenters. The lowest BCUT2D eigenvalue weighted by atomic mass is 9.80. The highest BCUT2D eigenvalue weighted by atomic mass is 79.9. The van der Waals surface area contributed by atoms with Crippen molar-refractivity contribution in [2.24, 2.45) is 0 Å². The number of alkyl halides is 1. The van der Waals surface area contributed by atoms with Crippen molar-refractivity contribution >= 4 is 33.2 Å². The maximum absolute atomic E-state index is 9.92. The molecular weight excluding hydrogens is 326 g/mol. The molecule has 1 aliphatic rings. The second kappa shape index (κ2) is 5.63. The normalized spacial score (nSPS) is 23.1. The van der Waals surface area contributed by atoms with Gasteiger partial charge in [-0.05, 0) is 43.9 Å². The van der Waals surface area contributed by atoms with Gasteiger partial charge in [0, 0.05) is 22.2 Å². The molecule has 0 aliphatic carbocycles. The minimum atomic E-state index is -0.499. The molecule has 0 fully saturated rings. The summed E-state index contributed by atoms with van der Waals surface area (Å²) < 4.78 is 1.07. The lowest BCUT2D eigenvalue weighted by Crippen LogP contribution is -2.51. The monoisotopic (exact) mass is 345 g/mol. The number of rotatable bonds is 3. The summed E-state index contributed by atoms with van der Waals surface area (Å²) in [6.45, 7) is 7.30. The summed E-state index contributed by atoms with van der Waals surface area (Å²) >= 11 is 9.31. The van der Waals surface area contributed by atoms with Gasteiger partial charge >= 0.3 is 0 Å². The molecule has 19 heavy (non-hydrogen) atoms. The largest absolute Gasteiger partial charge is 0.390 e. The van der Waals surface area contributed by atoms with E-state index < -0.39 is 6.10 Å². The van der Waals surface area contributed by atoms with Crippen molar-refractivity contribution in [1.82, 2.24) is 0 Å². The Morgan fingerprint density at radius 3 is 2.84 bits per heavy atom. The number of aliphatic hydroxyl groups is 1. The lowest BCUT2D eigenvalue weighted by Gasteiger charge is -2.48. The third kappa shape index (κ3) is 3.09. The van der Waals surface area contributed by atoms with Crippen molar-refractivity contribution < 1.29 is 5.11 Å². The number of β-amino-alcohol motifs (C(OH)–C–C–N with tert-alkyl or cyclic N) is 1. The van der Waals surface area contributed by atoms with Crippen LogP contribution in [0.1, 0.15) is 38.7 Å². The molecule has 0 amide bonds. The SMILES string of the molecule is CC1CC(C)(C)N(CC(O)CCl)c2cc(Br)ccc21. The second-order valence-electron chi connectivity index (χ2n) is 6.04. The number of halogens is 2. The molecule has 2 rings (SSSR count). The fourth-order valence-electron chi connectivity index (χ4n) is 3.07. The van der Waals surface area contributed by atoms with Crippen molar-refractivity contribution in [3.63, 3.8) is 0 Å². The zero-order valence-electron chi connectivity index (χ0n) is 11.7. The van der Waals surface area contributed by atoms with Crippen LogP contribution in [0.15, 0.2) is 22.7 Å². The van der Waals surface area contributed by atoms with Crippen molar-refractivity contribution in [2.45, 2.75) is 44.8 Å². The van der Waals surface area contributed by atoms with Gasteiger partial charge in [-0.3, -0.25) is 0 Å². The molecule has 1 aromatic rings. The Balaban J connectivity index is 2.44. The Bertz CT molecular complexity index is 463. The van der Waals surface area contributed by atoms with Gasteiger partial charge in [0.05, 0.1) is 12.0 Å². The Kier molecular flexibility index (Phi) is 4.49. The van der Waals surface area contributed by atoms with Gasteiger partial charge < -0.3 is 10.0 Å². The topological polar surface area (TPSA) is 23.5 Å². The second-order valence-corrected chi connectivity index (χ2v) is 7.26. The van der Waals surface area contributed by atoms with Gasteiger partial charge in [-0.2, -0.15) is 0 Å². The first-order valence-electron chi connectivity index (χ1n) is 6.66. The number of benzene rings is 1. The number of fused-ring (bicyclic) bond motifs is 1. The van der Waals surface area contributed by atoms with Crippen LogP contribution in [0.2, 0.25) is 0 Å². The fourth-order valence-corrected chi connectivity index (χ4v) is 3.51. The molecule has 4 heteroatoms. The van der Waals surface area contributed by atoms with Crippen LogP contribution in [0.4, 0.5) is 5.69 Å². The number of anilines is 1. The molecule has 2 nitrogen and oxygen atoms in total. The van der Waals surface area contributed by atoms with Gasteiger partial charge in [0.25, 0.3) is 0 Å². The summed E-state index contributed by atoms with van der Waals surface area (Å²) in [5.41, 5.74) is 2.59. The molecule has 1 N–H and O–H groups in total. The van der Waals surface area contributed by atoms with E-state index in [0.717, 1.165) is 10.9 Å². The Labute approximate surface area is 128 Å². The summed E-state index contributed by atoms with van der Waals surface area (Å²) in [5, 5.41) is 9.92. The van der Waals surface area contributed by atoms with E-state index in [1.807, 2.05) is 0 Å². The van der Waals surface area contributed by atoms with E-state index in [1.165, 1.54) is 11.3 Å². The summed E-state index contributed by atoms with van der Waals surface area (Å²) in [5.74, 6) is 0.799. The highest BCUT2D eigenvalue weighted by molar-refractivity contribution is 9.10. The number of nitrogens with zero attached hydrogens (tertiary/aromatic N) is 1. The molecule has 106 valence electrons. The minimum absolute atomic E-state index is 0.0280. The molecule has 1 aliphatic heterocycles. The van der Waals surface area contributed by atoms with Gasteiger partial charge in [-0.25, -0.2) is 0 Å². The Morgan fingerprint density at radius 2 is 2.21 bits per heavy atom. The van der Waals surface area contributed by atoms with Crippen LogP contribution in [-0.4, -0.2) is 29.2 Å². The highest BCUT2D eigenvalue weighted by Crippen LogP contribution is 2.44. The molecule has 0 saturated carbocycles. The summed E-state index contributed by atoms with van der Waals surface area (Å²) in [6, 6.07) is 6.41. The molecule has 1 aromatic carbocycles. The summed E-state index contributed by atoms with van der Waals surface area (Å²) in [6.07, 6.45) is 0.581. The third-order valence-electron chi connectivity index (χ3n) is 3.92. The van der Waals surface area contributed by atoms with Crippen LogP contribution < -0.4 is 4.90 Å². The number of hydrogen-bond donors (Lipinski definition) is 1. The Morgan fingerprint density at radius 1 is 1.53 bits per heavy atom. The molecule has 0 aromatic heterocycles. The lowest BCUT2D eigenvalue weighted by molar-refractivity contribution is 0.190. The average Bonchev–Trinajstić information content (AvgIpc) is 2.33. The standard InChI is InChI=1S/C15H21BrClNO/c1-10-7-15(2,3)18(9-12(19)8-17)14-6-11(16)4-5-13(10)14/h4-6,10,12,19H,7-9H2,1-3H3. The average molecular weight is 347 g/mol. The van der Waals surface area contributed by atoms with Crippen molar-refractivity contribution in [2.75, 3.05) is 17.3 Å². The zero-order chi connectivity index (χ0) is 14.2. The Hall–Kier alpha value is -0.250. The first-order valence-corrected chi connectivity index (χ1v) is 7.99. The van der Waals surface area contributed by atoms with Crippen molar-refractivity contribution in [1.29, 1.82) is 0 Å². The molecule has 2 unspecified atom stereocenters. The van der Waals surface area contributed by atoms with Crippen molar-refractivity contribution in [3.05, 3.63) is 28.2 Å². The molecular formula is C15H21BrClNO. The summed E-state index contributed by atoms with van der Waals surface area (Å²) in [4.78, 5) is 2.29.